The summed E-state index contributed by atoms with van der Waals surface area (Å²) in [5.74, 6) is 0. The maximum atomic E-state index is 3.95. The number of rotatable bonds is 2. The van der Waals surface area contributed by atoms with E-state index in [1.165, 1.54) is 0 Å². The molecule has 0 radical (unpaired) electrons. The normalized spacial score (nSPS) is 11.7. The number of hydrogen-bond acceptors (Lipinski definition) is 1. The third-order valence-electron chi connectivity index (χ3n) is 0.566. The van der Waals surface area contributed by atoms with Gasteiger partial charge in [0, 0.05) is 12.8 Å². The quantitative estimate of drug-likeness (QED) is 0.464. The molecule has 0 aromatic heterocycles. The zero-order chi connectivity index (χ0) is 5.54. The fraction of sp³-hybridized carbons (Fsp3) is 0.500. The molecule has 40 valence electrons. The average Bonchev–Trinajstić information content (AvgIpc) is 1.69. The van der Waals surface area contributed by atoms with Crippen molar-refractivity contribution in [3.8, 4) is 0 Å². The van der Waals surface area contributed by atoms with E-state index in [0.29, 0.717) is 0 Å². The Kier molecular flexibility index (Phi) is 4.95. The maximum Gasteiger partial charge on any atom is 0.0360 e. The predicted molar refractivity (Wildman–Crippen MR) is 33.8 cm³/mol. The Balaban J connectivity index is 3.09. The van der Waals surface area contributed by atoms with Gasteiger partial charge in [-0.25, -0.2) is 0 Å². The summed E-state index contributed by atoms with van der Waals surface area (Å²) in [5, 5.41) is 0. The van der Waals surface area contributed by atoms with E-state index in [4.69, 9.17) is 0 Å². The van der Waals surface area contributed by atoms with Crippen LogP contribution in [-0.2, 0) is 0 Å². The molecule has 0 saturated carbocycles. The predicted octanol–water partition coefficient (Wildman–Crippen LogP) is 1.65. The molecule has 0 bridgehead atoms. The van der Waals surface area contributed by atoms with Crippen LogP contribution in [0.5, 0.6) is 0 Å². The summed E-state index contributed by atoms with van der Waals surface area (Å²) in [4.78, 5) is 3.95. The Morgan fingerprint density at radius 3 is 2.71 bits per heavy atom. The molecule has 0 saturated heterocycles. The second kappa shape index (κ2) is 5.41. The van der Waals surface area contributed by atoms with Gasteiger partial charge in [0.15, 0.2) is 0 Å². The molecule has 0 rings (SSSR count). The highest BCUT2D eigenvalue weighted by Crippen LogP contribution is 1.65. The number of aliphatic imine (C=N–C) groups is 1. The zero-order valence-corrected chi connectivity index (χ0v) is 4.89. The molecule has 0 aliphatic rings. The lowest BCUT2D eigenvalue weighted by atomic mass is 10.6. The minimum atomic E-state index is 0.879. The third-order valence-corrected chi connectivity index (χ3v) is 0.566. The van der Waals surface area contributed by atoms with Crippen LogP contribution >= 0.6 is 0 Å². The van der Waals surface area contributed by atoms with Crippen LogP contribution in [0.3, 0.4) is 0 Å². The summed E-state index contributed by atoms with van der Waals surface area (Å²) in [6.07, 6.45) is 5.68. The first-order chi connectivity index (χ1) is 3.41. The van der Waals surface area contributed by atoms with E-state index < -0.39 is 0 Å². The molecule has 0 aliphatic carbocycles. The number of hydrogen-bond donors (Lipinski definition) is 0. The SMILES string of the molecule is C/C=C\C=NCC. The van der Waals surface area contributed by atoms with Crippen molar-refractivity contribution < 1.29 is 0 Å². The summed E-state index contributed by atoms with van der Waals surface area (Å²) in [7, 11) is 0. The van der Waals surface area contributed by atoms with E-state index in [0.717, 1.165) is 6.54 Å². The van der Waals surface area contributed by atoms with E-state index >= 15 is 0 Å². The fourth-order valence-corrected chi connectivity index (χ4v) is 0.252. The minimum Gasteiger partial charge on any atom is -0.293 e. The molecule has 0 amide bonds. The van der Waals surface area contributed by atoms with Crippen LogP contribution in [0.2, 0.25) is 0 Å². The van der Waals surface area contributed by atoms with Gasteiger partial charge in [0.25, 0.3) is 0 Å². The van der Waals surface area contributed by atoms with Gasteiger partial charge < -0.3 is 0 Å². The lowest BCUT2D eigenvalue weighted by Gasteiger charge is -1.72. The smallest absolute Gasteiger partial charge is 0.0360 e. The van der Waals surface area contributed by atoms with Crippen molar-refractivity contribution in [3.63, 3.8) is 0 Å². The lowest BCUT2D eigenvalue weighted by molar-refractivity contribution is 1.14. The summed E-state index contributed by atoms with van der Waals surface area (Å²) < 4.78 is 0. The van der Waals surface area contributed by atoms with Crippen molar-refractivity contribution in [1.29, 1.82) is 0 Å². The Morgan fingerprint density at radius 2 is 2.29 bits per heavy atom. The molecular formula is C6H11N. The molecule has 1 nitrogen and oxygen atoms in total. The van der Waals surface area contributed by atoms with Gasteiger partial charge in [0.1, 0.15) is 0 Å². The van der Waals surface area contributed by atoms with E-state index in [-0.39, 0.29) is 0 Å². The molecule has 0 fully saturated rings. The van der Waals surface area contributed by atoms with Crippen LogP contribution in [0, 0.1) is 0 Å². The average molecular weight is 97.2 g/mol. The third kappa shape index (κ3) is 5.41. The molecule has 0 N–H and O–H groups in total. The molecule has 1 heteroatoms. The Bertz CT molecular complexity index is 72.2. The summed E-state index contributed by atoms with van der Waals surface area (Å²) in [5.41, 5.74) is 0. The number of nitrogens with zero attached hydrogens (tertiary/aromatic N) is 1. The van der Waals surface area contributed by atoms with Gasteiger partial charge in [0.05, 0.1) is 0 Å². The summed E-state index contributed by atoms with van der Waals surface area (Å²) in [6, 6.07) is 0. The van der Waals surface area contributed by atoms with E-state index in [9.17, 15) is 0 Å². The molecule has 0 heterocycles. The second-order valence-electron chi connectivity index (χ2n) is 1.17. The lowest BCUT2D eigenvalue weighted by Crippen LogP contribution is -1.66. The van der Waals surface area contributed by atoms with Crippen LogP contribution in [0.25, 0.3) is 0 Å². The van der Waals surface area contributed by atoms with Gasteiger partial charge in [-0.3, -0.25) is 4.99 Å². The van der Waals surface area contributed by atoms with Crippen molar-refractivity contribution in [3.05, 3.63) is 12.2 Å². The molecule has 7 heavy (non-hydrogen) atoms. The van der Waals surface area contributed by atoms with Crippen LogP contribution in [-0.4, -0.2) is 12.8 Å². The van der Waals surface area contributed by atoms with E-state index in [1.54, 1.807) is 6.21 Å². The van der Waals surface area contributed by atoms with Crippen LogP contribution in [0.1, 0.15) is 13.8 Å². The van der Waals surface area contributed by atoms with Crippen LogP contribution < -0.4 is 0 Å². The number of allylic oxidation sites excluding steroid dienone is 2. The van der Waals surface area contributed by atoms with Crippen molar-refractivity contribution in [1.82, 2.24) is 0 Å². The molecule has 0 aromatic rings. The molecule has 0 unspecified atom stereocenters. The molecule has 0 aliphatic heterocycles. The maximum absolute atomic E-state index is 3.95. The van der Waals surface area contributed by atoms with Crippen molar-refractivity contribution in [2.24, 2.45) is 4.99 Å². The van der Waals surface area contributed by atoms with E-state index in [1.807, 2.05) is 26.0 Å². The van der Waals surface area contributed by atoms with Gasteiger partial charge in [-0.2, -0.15) is 0 Å². The van der Waals surface area contributed by atoms with Gasteiger partial charge in [-0.1, -0.05) is 6.08 Å². The highest BCUT2D eigenvalue weighted by molar-refractivity contribution is 5.70. The highest BCUT2D eigenvalue weighted by Gasteiger charge is 1.57. The highest BCUT2D eigenvalue weighted by atomic mass is 14.7. The molecular weight excluding hydrogens is 86.1 g/mol. The Hall–Kier alpha value is -0.590. The second-order valence-corrected chi connectivity index (χ2v) is 1.17. The minimum absolute atomic E-state index is 0.879. The fourth-order valence-electron chi connectivity index (χ4n) is 0.252. The first kappa shape index (κ1) is 6.41. The van der Waals surface area contributed by atoms with Crippen LogP contribution in [0.15, 0.2) is 17.1 Å². The first-order valence-corrected chi connectivity index (χ1v) is 2.53. The zero-order valence-electron chi connectivity index (χ0n) is 4.89. The van der Waals surface area contributed by atoms with Crippen molar-refractivity contribution in [2.75, 3.05) is 6.54 Å². The van der Waals surface area contributed by atoms with Crippen molar-refractivity contribution >= 4 is 6.21 Å². The van der Waals surface area contributed by atoms with Crippen molar-refractivity contribution in [2.45, 2.75) is 13.8 Å². The molecule has 0 spiro atoms. The largest absolute Gasteiger partial charge is 0.293 e. The Morgan fingerprint density at radius 1 is 1.57 bits per heavy atom. The monoisotopic (exact) mass is 97.1 g/mol. The standard InChI is InChI=1S/C6H11N/c1-3-5-6-7-4-2/h3,5-6H,4H2,1-2H3/b5-3-,7-6?. The molecule has 0 aromatic carbocycles. The van der Waals surface area contributed by atoms with E-state index in [2.05, 4.69) is 4.99 Å². The Labute approximate surface area is 44.8 Å². The van der Waals surface area contributed by atoms with Gasteiger partial charge in [0.2, 0.25) is 0 Å². The summed E-state index contributed by atoms with van der Waals surface area (Å²) in [6.45, 7) is 4.87. The topological polar surface area (TPSA) is 12.4 Å². The van der Waals surface area contributed by atoms with Gasteiger partial charge in [-0.15, -0.1) is 0 Å². The molecule has 0 atom stereocenters. The summed E-state index contributed by atoms with van der Waals surface area (Å²) >= 11 is 0. The van der Waals surface area contributed by atoms with Gasteiger partial charge in [-0.05, 0) is 19.9 Å². The first-order valence-electron chi connectivity index (χ1n) is 2.53. The van der Waals surface area contributed by atoms with Gasteiger partial charge >= 0.3 is 0 Å². The van der Waals surface area contributed by atoms with Crippen LogP contribution in [0.4, 0.5) is 0 Å².